The Bertz CT molecular complexity index is 1060. The van der Waals surface area contributed by atoms with Crippen LogP contribution in [-0.4, -0.2) is 25.4 Å². The molecule has 2 heterocycles. The number of hydrogen-bond acceptors (Lipinski definition) is 5. The van der Waals surface area contributed by atoms with Gasteiger partial charge in [0, 0.05) is 5.56 Å². The molecule has 27 heavy (non-hydrogen) atoms. The number of aryl methyl sites for hydroxylation is 2. The number of benzene rings is 2. The van der Waals surface area contributed by atoms with Crippen molar-refractivity contribution in [1.82, 2.24) is 25.4 Å². The van der Waals surface area contributed by atoms with Crippen LogP contribution >= 0.6 is 0 Å². The van der Waals surface area contributed by atoms with Gasteiger partial charge in [-0.15, -0.1) is 5.10 Å². The Hall–Kier alpha value is -3.54. The summed E-state index contributed by atoms with van der Waals surface area (Å²) in [6, 6.07) is 18.4. The number of aromatic nitrogens is 5. The van der Waals surface area contributed by atoms with E-state index in [9.17, 15) is 0 Å². The summed E-state index contributed by atoms with van der Waals surface area (Å²) in [6.45, 7) is 4.67. The van der Waals surface area contributed by atoms with Gasteiger partial charge in [-0.3, -0.25) is 5.10 Å². The Kier molecular flexibility index (Phi) is 4.61. The molecule has 0 amide bonds. The quantitative estimate of drug-likeness (QED) is 0.561. The first-order valence-corrected chi connectivity index (χ1v) is 8.80. The van der Waals surface area contributed by atoms with Crippen LogP contribution in [0.3, 0.4) is 0 Å². The van der Waals surface area contributed by atoms with Crippen LogP contribution in [0.25, 0.3) is 22.5 Å². The van der Waals surface area contributed by atoms with Gasteiger partial charge in [-0.05, 0) is 31.0 Å². The van der Waals surface area contributed by atoms with Crippen molar-refractivity contribution < 1.29 is 0 Å². The fourth-order valence-electron chi connectivity index (χ4n) is 3.00. The van der Waals surface area contributed by atoms with Crippen LogP contribution in [-0.2, 0) is 6.54 Å². The number of hydrogen-bond donors (Lipinski definition) is 2. The molecule has 134 valence electrons. The van der Waals surface area contributed by atoms with Crippen molar-refractivity contribution in [3.05, 3.63) is 77.6 Å². The van der Waals surface area contributed by atoms with E-state index in [0.29, 0.717) is 12.5 Å². The molecule has 0 unspecified atom stereocenters. The van der Waals surface area contributed by atoms with Gasteiger partial charge in [0.25, 0.3) is 0 Å². The molecule has 4 rings (SSSR count). The van der Waals surface area contributed by atoms with E-state index in [-0.39, 0.29) is 0 Å². The summed E-state index contributed by atoms with van der Waals surface area (Å²) in [6.07, 6.45) is 1.69. The Balaban J connectivity index is 1.49. The summed E-state index contributed by atoms with van der Waals surface area (Å²) in [4.78, 5) is 4.59. The summed E-state index contributed by atoms with van der Waals surface area (Å²) in [5, 5.41) is 18.8. The maximum atomic E-state index is 4.59. The van der Waals surface area contributed by atoms with E-state index >= 15 is 0 Å². The van der Waals surface area contributed by atoms with Crippen molar-refractivity contribution in [2.75, 3.05) is 5.32 Å². The van der Waals surface area contributed by atoms with Gasteiger partial charge in [0.15, 0.2) is 0 Å². The van der Waals surface area contributed by atoms with E-state index in [4.69, 9.17) is 0 Å². The molecule has 2 aromatic heterocycles. The summed E-state index contributed by atoms with van der Waals surface area (Å²) >= 11 is 0. The largest absolute Gasteiger partial charge is 0.347 e. The van der Waals surface area contributed by atoms with Crippen molar-refractivity contribution in [1.29, 1.82) is 0 Å². The fraction of sp³-hybridized carbons (Fsp3) is 0.143. The molecule has 0 radical (unpaired) electrons. The summed E-state index contributed by atoms with van der Waals surface area (Å²) < 4.78 is 0. The lowest BCUT2D eigenvalue weighted by Crippen LogP contribution is -2.05. The second kappa shape index (κ2) is 7.37. The minimum atomic E-state index is 0.483. The van der Waals surface area contributed by atoms with Crippen LogP contribution in [0.4, 0.5) is 5.95 Å². The van der Waals surface area contributed by atoms with Crippen molar-refractivity contribution in [3.63, 3.8) is 0 Å². The average molecular weight is 356 g/mol. The van der Waals surface area contributed by atoms with Gasteiger partial charge in [-0.2, -0.15) is 10.2 Å². The molecule has 0 bridgehead atoms. The standard InChI is InChI=1S/C21H20N6/c1-14-8-9-18(15(2)10-14)20-13-23-27-21(24-20)22-12-17-11-19(26-25-17)16-6-4-3-5-7-16/h3-11,13H,12H2,1-2H3,(H,25,26)(H,22,24,27). The highest BCUT2D eigenvalue weighted by Gasteiger charge is 2.08. The van der Waals surface area contributed by atoms with Crippen molar-refractivity contribution in [3.8, 4) is 22.5 Å². The van der Waals surface area contributed by atoms with E-state index in [1.165, 1.54) is 11.1 Å². The lowest BCUT2D eigenvalue weighted by atomic mass is 10.0. The summed E-state index contributed by atoms with van der Waals surface area (Å²) in [5.74, 6) is 0.483. The third-order valence-electron chi connectivity index (χ3n) is 4.36. The van der Waals surface area contributed by atoms with Gasteiger partial charge >= 0.3 is 0 Å². The number of rotatable bonds is 5. The van der Waals surface area contributed by atoms with E-state index in [2.05, 4.69) is 62.7 Å². The molecule has 0 aliphatic carbocycles. The van der Waals surface area contributed by atoms with E-state index < -0.39 is 0 Å². The third-order valence-corrected chi connectivity index (χ3v) is 4.36. The maximum absolute atomic E-state index is 4.59. The van der Waals surface area contributed by atoms with Crippen LogP contribution in [0, 0.1) is 13.8 Å². The van der Waals surface area contributed by atoms with Crippen molar-refractivity contribution in [2.24, 2.45) is 0 Å². The molecule has 0 atom stereocenters. The highest BCUT2D eigenvalue weighted by atomic mass is 15.2. The minimum absolute atomic E-state index is 0.483. The summed E-state index contributed by atoms with van der Waals surface area (Å²) in [7, 11) is 0. The summed E-state index contributed by atoms with van der Waals surface area (Å²) in [5.41, 5.74) is 7.23. The van der Waals surface area contributed by atoms with E-state index in [0.717, 1.165) is 28.2 Å². The Labute approximate surface area is 157 Å². The highest BCUT2D eigenvalue weighted by Crippen LogP contribution is 2.22. The molecule has 0 aliphatic heterocycles. The van der Waals surface area contributed by atoms with Crippen LogP contribution in [0.2, 0.25) is 0 Å². The predicted octanol–water partition coefficient (Wildman–Crippen LogP) is 4.16. The van der Waals surface area contributed by atoms with Gasteiger partial charge < -0.3 is 5.32 Å². The monoisotopic (exact) mass is 356 g/mol. The van der Waals surface area contributed by atoms with Crippen LogP contribution in [0.5, 0.6) is 0 Å². The molecule has 6 heteroatoms. The highest BCUT2D eigenvalue weighted by molar-refractivity contribution is 5.64. The predicted molar refractivity (Wildman–Crippen MR) is 106 cm³/mol. The third kappa shape index (κ3) is 3.84. The molecule has 0 aliphatic rings. The Morgan fingerprint density at radius 1 is 1.00 bits per heavy atom. The van der Waals surface area contributed by atoms with Crippen LogP contribution in [0.15, 0.2) is 60.8 Å². The topological polar surface area (TPSA) is 79.4 Å². The first-order chi connectivity index (χ1) is 13.2. The zero-order valence-electron chi connectivity index (χ0n) is 15.3. The number of nitrogens with one attached hydrogen (secondary N) is 2. The Morgan fingerprint density at radius 2 is 1.85 bits per heavy atom. The second-order valence-electron chi connectivity index (χ2n) is 6.48. The van der Waals surface area contributed by atoms with E-state index in [1.54, 1.807) is 6.20 Å². The zero-order chi connectivity index (χ0) is 18.6. The Morgan fingerprint density at radius 3 is 2.67 bits per heavy atom. The van der Waals surface area contributed by atoms with Crippen LogP contribution in [0.1, 0.15) is 16.8 Å². The molecule has 4 aromatic rings. The lowest BCUT2D eigenvalue weighted by Gasteiger charge is -2.07. The molecule has 0 saturated carbocycles. The smallest absolute Gasteiger partial charge is 0.243 e. The molecule has 2 N–H and O–H groups in total. The first-order valence-electron chi connectivity index (χ1n) is 8.80. The van der Waals surface area contributed by atoms with Crippen LogP contribution < -0.4 is 5.32 Å². The molecule has 0 saturated heterocycles. The number of anilines is 1. The first kappa shape index (κ1) is 16.9. The molecular weight excluding hydrogens is 336 g/mol. The normalized spacial score (nSPS) is 10.7. The molecule has 0 spiro atoms. The SMILES string of the molecule is Cc1ccc(-c2cnnc(NCc3cc(-c4ccccc4)[nH]n3)n2)c(C)c1. The zero-order valence-corrected chi connectivity index (χ0v) is 15.3. The minimum Gasteiger partial charge on any atom is -0.347 e. The number of nitrogens with zero attached hydrogens (tertiary/aromatic N) is 4. The molecule has 0 fully saturated rings. The molecular formula is C21H20N6. The number of H-pyrrole nitrogens is 1. The van der Waals surface area contributed by atoms with Crippen molar-refractivity contribution in [2.45, 2.75) is 20.4 Å². The lowest BCUT2D eigenvalue weighted by molar-refractivity contribution is 0.923. The average Bonchev–Trinajstić information content (AvgIpc) is 3.16. The van der Waals surface area contributed by atoms with E-state index in [1.807, 2.05) is 36.4 Å². The van der Waals surface area contributed by atoms with Gasteiger partial charge in [0.05, 0.1) is 29.8 Å². The van der Waals surface area contributed by atoms with Gasteiger partial charge in [0.2, 0.25) is 5.95 Å². The number of aromatic amines is 1. The van der Waals surface area contributed by atoms with Crippen molar-refractivity contribution >= 4 is 5.95 Å². The maximum Gasteiger partial charge on any atom is 0.243 e. The van der Waals surface area contributed by atoms with Gasteiger partial charge in [-0.25, -0.2) is 4.98 Å². The molecule has 2 aromatic carbocycles. The van der Waals surface area contributed by atoms with Gasteiger partial charge in [-0.1, -0.05) is 54.1 Å². The molecule has 6 nitrogen and oxygen atoms in total. The second-order valence-corrected chi connectivity index (χ2v) is 6.48. The van der Waals surface area contributed by atoms with Gasteiger partial charge in [0.1, 0.15) is 0 Å². The fourth-order valence-corrected chi connectivity index (χ4v) is 3.00.